The first kappa shape index (κ1) is 17.2. The number of carbonyl (C=O) groups excluding carboxylic acids is 1. The molecule has 0 aliphatic heterocycles. The molecule has 4 N–H and O–H groups in total. The topological polar surface area (TPSA) is 141 Å². The van der Waals surface area contributed by atoms with Gasteiger partial charge in [-0.1, -0.05) is 18.2 Å². The minimum absolute atomic E-state index is 0.00957. The number of hydrogen-bond acceptors (Lipinski definition) is 5. The van der Waals surface area contributed by atoms with Crippen LogP contribution in [-0.2, 0) is 10.0 Å². The molecule has 0 spiro atoms. The number of benzene rings is 1. The zero-order chi connectivity index (χ0) is 17.7. The predicted molar refractivity (Wildman–Crippen MR) is 87.5 cm³/mol. The molecule has 0 aliphatic rings. The van der Waals surface area contributed by atoms with Crippen LogP contribution in [0.4, 0.5) is 5.69 Å². The number of sulfonamides is 1. The van der Waals surface area contributed by atoms with E-state index in [0.717, 1.165) is 6.20 Å². The minimum atomic E-state index is -4.30. The number of nitrogens with one attached hydrogen (secondary N) is 4. The fourth-order valence-corrected chi connectivity index (χ4v) is 2.91. The van der Waals surface area contributed by atoms with Gasteiger partial charge in [0, 0.05) is 12.7 Å². The molecule has 0 saturated heterocycles. The second-order valence-corrected chi connectivity index (χ2v) is 6.24. The van der Waals surface area contributed by atoms with E-state index in [1.165, 1.54) is 24.3 Å². The molecule has 0 unspecified atom stereocenters. The highest BCUT2D eigenvalue weighted by molar-refractivity contribution is 7.92. The molecule has 0 radical (unpaired) electrons. The third kappa shape index (κ3) is 3.79. The summed E-state index contributed by atoms with van der Waals surface area (Å²) in [6.45, 7) is 3.68. The maximum Gasteiger partial charge on any atom is 0.325 e. The smallest absolute Gasteiger partial charge is 0.325 e. The number of amides is 1. The highest BCUT2D eigenvalue weighted by Gasteiger charge is 2.21. The number of hydrogen-bond donors (Lipinski definition) is 4. The molecule has 2 aromatic rings. The molecular weight excluding hydrogens is 336 g/mol. The van der Waals surface area contributed by atoms with Crippen LogP contribution in [0.3, 0.4) is 0 Å². The number of rotatable bonds is 6. The summed E-state index contributed by atoms with van der Waals surface area (Å²) in [5, 5.41) is 2.53. The quantitative estimate of drug-likeness (QED) is 0.533. The van der Waals surface area contributed by atoms with E-state index in [2.05, 4.69) is 21.6 Å². The van der Waals surface area contributed by atoms with Crippen molar-refractivity contribution in [2.45, 2.75) is 4.90 Å². The third-order valence-corrected chi connectivity index (χ3v) is 4.27. The largest absolute Gasteiger partial charge is 0.349 e. The van der Waals surface area contributed by atoms with Crippen LogP contribution in [-0.4, -0.2) is 30.8 Å². The molecule has 9 nitrogen and oxygen atoms in total. The first-order valence-electron chi connectivity index (χ1n) is 6.68. The van der Waals surface area contributed by atoms with E-state index in [1.807, 2.05) is 4.98 Å². The van der Waals surface area contributed by atoms with Gasteiger partial charge in [-0.2, -0.15) is 0 Å². The Morgan fingerprint density at radius 1 is 1.25 bits per heavy atom. The number of para-hydroxylation sites is 1. The first-order chi connectivity index (χ1) is 11.3. The van der Waals surface area contributed by atoms with E-state index < -0.39 is 32.1 Å². The van der Waals surface area contributed by atoms with Gasteiger partial charge in [0.1, 0.15) is 0 Å². The van der Waals surface area contributed by atoms with Gasteiger partial charge in [-0.15, -0.1) is 6.58 Å². The fraction of sp³-hybridized carbons (Fsp3) is 0.0714. The van der Waals surface area contributed by atoms with Crippen LogP contribution in [0, 0.1) is 0 Å². The Hall–Kier alpha value is -3.14. The van der Waals surface area contributed by atoms with E-state index in [0.29, 0.717) is 0 Å². The average Bonchev–Trinajstić information content (AvgIpc) is 2.52. The minimum Gasteiger partial charge on any atom is -0.349 e. The lowest BCUT2D eigenvalue weighted by molar-refractivity contribution is 0.0959. The van der Waals surface area contributed by atoms with Crippen LogP contribution >= 0.6 is 0 Å². The molecular formula is C14H14N4O5S. The summed E-state index contributed by atoms with van der Waals surface area (Å²) >= 11 is 0. The lowest BCUT2D eigenvalue weighted by atomic mass is 10.1. The second-order valence-electron chi connectivity index (χ2n) is 4.59. The number of aromatic amines is 2. The van der Waals surface area contributed by atoms with Crippen LogP contribution < -0.4 is 21.3 Å². The summed E-state index contributed by atoms with van der Waals surface area (Å²) < 4.78 is 26.8. The zero-order valence-electron chi connectivity index (χ0n) is 12.3. The van der Waals surface area contributed by atoms with Gasteiger partial charge < -0.3 is 10.3 Å². The highest BCUT2D eigenvalue weighted by Crippen LogP contribution is 2.18. The molecule has 0 saturated carbocycles. The molecule has 10 heteroatoms. The summed E-state index contributed by atoms with van der Waals surface area (Å²) in [5.74, 6) is -0.511. The predicted octanol–water partition coefficient (Wildman–Crippen LogP) is -0.220. The second kappa shape index (κ2) is 6.96. The van der Waals surface area contributed by atoms with Crippen molar-refractivity contribution < 1.29 is 13.2 Å². The summed E-state index contributed by atoms with van der Waals surface area (Å²) in [6, 6.07) is 5.89. The maximum absolute atomic E-state index is 12.3. The number of anilines is 1. The van der Waals surface area contributed by atoms with Crippen molar-refractivity contribution in [2.75, 3.05) is 11.3 Å². The number of carbonyl (C=O) groups is 1. The molecule has 24 heavy (non-hydrogen) atoms. The lowest BCUT2D eigenvalue weighted by Crippen LogP contribution is -2.30. The van der Waals surface area contributed by atoms with Crippen molar-refractivity contribution in [2.24, 2.45) is 0 Å². The Morgan fingerprint density at radius 2 is 1.96 bits per heavy atom. The average molecular weight is 350 g/mol. The van der Waals surface area contributed by atoms with Crippen molar-refractivity contribution in [3.63, 3.8) is 0 Å². The van der Waals surface area contributed by atoms with E-state index in [4.69, 9.17) is 0 Å². The van der Waals surface area contributed by atoms with Gasteiger partial charge in [0.25, 0.3) is 21.5 Å². The first-order valence-corrected chi connectivity index (χ1v) is 8.16. The highest BCUT2D eigenvalue weighted by atomic mass is 32.2. The van der Waals surface area contributed by atoms with Gasteiger partial charge in [-0.05, 0) is 12.1 Å². The van der Waals surface area contributed by atoms with Gasteiger partial charge in [0.2, 0.25) is 0 Å². The molecule has 0 bridgehead atoms. The maximum atomic E-state index is 12.3. The SMILES string of the molecule is C=CCNC(=O)c1ccccc1NS(=O)(=O)c1c[nH]c(=O)[nH]c1=O. The normalized spacial score (nSPS) is 10.8. The molecule has 1 aromatic heterocycles. The van der Waals surface area contributed by atoms with E-state index in [9.17, 15) is 22.8 Å². The Balaban J connectivity index is 2.40. The van der Waals surface area contributed by atoms with Crippen molar-refractivity contribution in [3.8, 4) is 0 Å². The fourth-order valence-electron chi connectivity index (χ4n) is 1.83. The van der Waals surface area contributed by atoms with Crippen LogP contribution in [0.2, 0.25) is 0 Å². The van der Waals surface area contributed by atoms with Crippen molar-refractivity contribution in [1.29, 1.82) is 0 Å². The van der Waals surface area contributed by atoms with Gasteiger partial charge >= 0.3 is 5.69 Å². The Bertz CT molecular complexity index is 990. The summed E-state index contributed by atoms with van der Waals surface area (Å²) in [7, 11) is -4.30. The van der Waals surface area contributed by atoms with Gasteiger partial charge in [-0.25, -0.2) is 13.2 Å². The summed E-state index contributed by atoms with van der Waals surface area (Å²) in [5.41, 5.74) is -1.84. The van der Waals surface area contributed by atoms with Crippen molar-refractivity contribution in [3.05, 3.63) is 69.5 Å². The van der Waals surface area contributed by atoms with Gasteiger partial charge in [0.15, 0.2) is 4.90 Å². The van der Waals surface area contributed by atoms with Crippen LogP contribution in [0.15, 0.2) is 57.6 Å². The molecule has 2 rings (SSSR count). The standard InChI is InChI=1S/C14H14N4O5S/c1-2-7-15-12(19)9-5-3-4-6-10(9)18-24(22,23)11-8-16-14(21)17-13(11)20/h2-6,8,18H,1,7H2,(H,15,19)(H2,16,17,20,21). The van der Waals surface area contributed by atoms with Crippen molar-refractivity contribution >= 4 is 21.6 Å². The van der Waals surface area contributed by atoms with Crippen LogP contribution in [0.1, 0.15) is 10.4 Å². The monoisotopic (exact) mass is 350 g/mol. The third-order valence-electron chi connectivity index (χ3n) is 2.90. The van der Waals surface area contributed by atoms with E-state index >= 15 is 0 Å². The van der Waals surface area contributed by atoms with Crippen LogP contribution in [0.25, 0.3) is 0 Å². The van der Waals surface area contributed by atoms with E-state index in [1.54, 1.807) is 6.07 Å². The van der Waals surface area contributed by atoms with Gasteiger partial charge in [0.05, 0.1) is 11.3 Å². The molecule has 0 fully saturated rings. The summed E-state index contributed by atoms with van der Waals surface area (Å²) in [6.07, 6.45) is 2.26. The van der Waals surface area contributed by atoms with Gasteiger partial charge in [-0.3, -0.25) is 19.3 Å². The Labute approximate surface area is 136 Å². The van der Waals surface area contributed by atoms with Crippen LogP contribution in [0.5, 0.6) is 0 Å². The molecule has 1 amide bonds. The molecule has 126 valence electrons. The number of aromatic nitrogens is 2. The number of H-pyrrole nitrogens is 2. The molecule has 0 atom stereocenters. The molecule has 1 aromatic carbocycles. The molecule has 0 aliphatic carbocycles. The Kier molecular flexibility index (Phi) is 4.99. The van der Waals surface area contributed by atoms with Crippen molar-refractivity contribution in [1.82, 2.24) is 15.3 Å². The lowest BCUT2D eigenvalue weighted by Gasteiger charge is -2.11. The Morgan fingerprint density at radius 3 is 2.62 bits per heavy atom. The van der Waals surface area contributed by atoms with E-state index in [-0.39, 0.29) is 17.8 Å². The molecule has 1 heterocycles. The zero-order valence-corrected chi connectivity index (χ0v) is 13.1. The summed E-state index contributed by atoms with van der Waals surface area (Å²) in [4.78, 5) is 37.9.